The van der Waals surface area contributed by atoms with Crippen LogP contribution in [0.2, 0.25) is 5.02 Å². The number of ether oxygens (including phenoxy) is 3. The normalized spacial score (nSPS) is 24.0. The van der Waals surface area contributed by atoms with E-state index in [0.29, 0.717) is 23.9 Å². The van der Waals surface area contributed by atoms with Crippen LogP contribution >= 0.6 is 11.6 Å². The topological polar surface area (TPSA) is 75.5 Å². The van der Waals surface area contributed by atoms with Gasteiger partial charge in [0.05, 0.1) is 24.3 Å². The van der Waals surface area contributed by atoms with E-state index in [0.717, 1.165) is 12.0 Å². The maximum Gasteiger partial charge on any atom is 0.303 e. The monoisotopic (exact) mass is 405 g/mol. The van der Waals surface area contributed by atoms with Crippen LogP contribution in [0.4, 0.5) is 0 Å². The molecule has 7 nitrogen and oxygen atoms in total. The number of hydrogen-bond donors (Lipinski definition) is 0. The standard InChI is InChI=1S/C20H24ClN3O4/c1-4-18-26-10-20(3,11-27-18)19(28-14(2)25)17(24-13-22-12-23-24)9-15-7-5-6-8-16(15)21/h5-9,12-13,18-19H,4,10-11H2,1-3H3. The molecule has 1 atom stereocenters. The van der Waals surface area contributed by atoms with Crippen LogP contribution in [0, 0.1) is 5.41 Å². The van der Waals surface area contributed by atoms with E-state index in [-0.39, 0.29) is 6.29 Å². The van der Waals surface area contributed by atoms with Crippen molar-refractivity contribution >= 4 is 29.3 Å². The van der Waals surface area contributed by atoms with Crippen LogP contribution in [0.1, 0.15) is 32.8 Å². The van der Waals surface area contributed by atoms with E-state index in [1.54, 1.807) is 17.1 Å². The SMILES string of the molecule is CCC1OCC(C)(C(OC(C)=O)C(=Cc2ccccc2Cl)n2cncn2)CO1. The minimum Gasteiger partial charge on any atom is -0.455 e. The van der Waals surface area contributed by atoms with Crippen molar-refractivity contribution in [3.05, 3.63) is 47.5 Å². The lowest BCUT2D eigenvalue weighted by atomic mass is 9.82. The third-order valence-corrected chi connectivity index (χ3v) is 4.95. The molecular formula is C20H24ClN3O4. The van der Waals surface area contributed by atoms with E-state index in [1.165, 1.54) is 13.3 Å². The van der Waals surface area contributed by atoms with Gasteiger partial charge in [0.25, 0.3) is 0 Å². The van der Waals surface area contributed by atoms with Gasteiger partial charge >= 0.3 is 5.97 Å². The molecular weight excluding hydrogens is 382 g/mol. The van der Waals surface area contributed by atoms with Crippen molar-refractivity contribution in [2.45, 2.75) is 39.6 Å². The predicted molar refractivity (Wildman–Crippen MR) is 105 cm³/mol. The van der Waals surface area contributed by atoms with Crippen molar-refractivity contribution in [3.8, 4) is 0 Å². The Balaban J connectivity index is 2.05. The quantitative estimate of drug-likeness (QED) is 0.683. The highest BCUT2D eigenvalue weighted by Gasteiger charge is 2.44. The van der Waals surface area contributed by atoms with Gasteiger partial charge in [-0.05, 0) is 24.1 Å². The van der Waals surface area contributed by atoms with Crippen molar-refractivity contribution in [1.29, 1.82) is 0 Å². The summed E-state index contributed by atoms with van der Waals surface area (Å²) in [5.74, 6) is -0.408. The largest absolute Gasteiger partial charge is 0.455 e. The first-order valence-electron chi connectivity index (χ1n) is 9.14. The molecule has 1 aromatic heterocycles. The fourth-order valence-corrected chi connectivity index (χ4v) is 3.31. The van der Waals surface area contributed by atoms with E-state index in [9.17, 15) is 4.79 Å². The molecule has 0 spiro atoms. The first-order chi connectivity index (χ1) is 13.4. The summed E-state index contributed by atoms with van der Waals surface area (Å²) in [5, 5.41) is 4.83. The molecule has 0 bridgehead atoms. The predicted octanol–water partition coefficient (Wildman–Crippen LogP) is 3.65. The van der Waals surface area contributed by atoms with Gasteiger partial charge < -0.3 is 14.2 Å². The summed E-state index contributed by atoms with van der Waals surface area (Å²) in [6.45, 7) is 6.08. The van der Waals surface area contributed by atoms with Gasteiger partial charge in [-0.2, -0.15) is 5.10 Å². The third-order valence-electron chi connectivity index (χ3n) is 4.61. The number of carbonyl (C=O) groups is 1. The first kappa shape index (κ1) is 20.5. The lowest BCUT2D eigenvalue weighted by Crippen LogP contribution is -2.49. The molecule has 0 radical (unpaired) electrons. The minimum atomic E-state index is -0.680. The maximum atomic E-state index is 12.0. The molecule has 1 aliphatic rings. The molecule has 1 saturated heterocycles. The summed E-state index contributed by atoms with van der Waals surface area (Å²) in [6.07, 6.45) is 4.65. The summed E-state index contributed by atoms with van der Waals surface area (Å²) >= 11 is 6.35. The minimum absolute atomic E-state index is 0.256. The second-order valence-electron chi connectivity index (χ2n) is 7.03. The molecule has 8 heteroatoms. The van der Waals surface area contributed by atoms with Crippen LogP contribution in [0.5, 0.6) is 0 Å². The zero-order valence-electron chi connectivity index (χ0n) is 16.2. The van der Waals surface area contributed by atoms with Gasteiger partial charge in [0.2, 0.25) is 0 Å². The van der Waals surface area contributed by atoms with Crippen LogP contribution in [-0.4, -0.2) is 46.3 Å². The fourth-order valence-electron chi connectivity index (χ4n) is 3.12. The molecule has 2 heterocycles. The van der Waals surface area contributed by atoms with Gasteiger partial charge in [0, 0.05) is 11.9 Å². The van der Waals surface area contributed by atoms with Gasteiger partial charge in [0.15, 0.2) is 12.4 Å². The Kier molecular flexibility index (Phi) is 6.49. The highest BCUT2D eigenvalue weighted by molar-refractivity contribution is 6.32. The zero-order valence-corrected chi connectivity index (χ0v) is 16.9. The molecule has 1 aromatic carbocycles. The highest BCUT2D eigenvalue weighted by atomic mass is 35.5. The number of carbonyl (C=O) groups excluding carboxylic acids is 1. The number of aromatic nitrogens is 3. The zero-order chi connectivity index (χ0) is 20.1. The van der Waals surface area contributed by atoms with Gasteiger partial charge in [-0.3, -0.25) is 4.79 Å². The van der Waals surface area contributed by atoms with E-state index in [2.05, 4.69) is 10.1 Å². The molecule has 150 valence electrons. The number of rotatable bonds is 6. The van der Waals surface area contributed by atoms with Crippen molar-refractivity contribution in [2.24, 2.45) is 5.41 Å². The summed E-state index contributed by atoms with van der Waals surface area (Å²) in [7, 11) is 0. The summed E-state index contributed by atoms with van der Waals surface area (Å²) in [5.41, 5.74) is 0.779. The Morgan fingerprint density at radius 3 is 2.71 bits per heavy atom. The average molecular weight is 406 g/mol. The Morgan fingerprint density at radius 1 is 1.43 bits per heavy atom. The molecule has 0 aliphatic carbocycles. The summed E-state index contributed by atoms with van der Waals surface area (Å²) < 4.78 is 19.0. The summed E-state index contributed by atoms with van der Waals surface area (Å²) in [4.78, 5) is 16.0. The Bertz CT molecular complexity index is 830. The maximum absolute atomic E-state index is 12.0. The second kappa shape index (κ2) is 8.86. The van der Waals surface area contributed by atoms with E-state index < -0.39 is 17.5 Å². The van der Waals surface area contributed by atoms with Gasteiger partial charge in [-0.25, -0.2) is 9.67 Å². The lowest BCUT2D eigenvalue weighted by Gasteiger charge is -2.42. The Labute approximate surface area is 169 Å². The van der Waals surface area contributed by atoms with Gasteiger partial charge in [-0.1, -0.05) is 43.6 Å². The van der Waals surface area contributed by atoms with Gasteiger partial charge in [0.1, 0.15) is 12.7 Å². The van der Waals surface area contributed by atoms with E-state index in [1.807, 2.05) is 38.1 Å². The molecule has 1 fully saturated rings. The molecule has 3 rings (SSSR count). The van der Waals surface area contributed by atoms with Crippen molar-refractivity contribution < 1.29 is 19.0 Å². The van der Waals surface area contributed by atoms with Crippen molar-refractivity contribution in [3.63, 3.8) is 0 Å². The van der Waals surface area contributed by atoms with E-state index in [4.69, 9.17) is 25.8 Å². The Morgan fingerprint density at radius 2 is 2.14 bits per heavy atom. The third kappa shape index (κ3) is 4.60. The molecule has 28 heavy (non-hydrogen) atoms. The van der Waals surface area contributed by atoms with Crippen LogP contribution < -0.4 is 0 Å². The molecule has 0 amide bonds. The van der Waals surface area contributed by atoms with Crippen LogP contribution in [0.25, 0.3) is 11.8 Å². The Hall–Kier alpha value is -2.22. The number of esters is 1. The fraction of sp³-hybridized carbons (Fsp3) is 0.450. The van der Waals surface area contributed by atoms with Gasteiger partial charge in [-0.15, -0.1) is 0 Å². The molecule has 1 aliphatic heterocycles. The van der Waals surface area contributed by atoms with E-state index >= 15 is 0 Å². The highest BCUT2D eigenvalue weighted by Crippen LogP contribution is 2.37. The van der Waals surface area contributed by atoms with Crippen LogP contribution in [0.15, 0.2) is 36.9 Å². The number of benzene rings is 1. The average Bonchev–Trinajstić information content (AvgIpc) is 3.21. The molecule has 0 N–H and O–H groups in total. The second-order valence-corrected chi connectivity index (χ2v) is 7.44. The molecule has 1 unspecified atom stereocenters. The van der Waals surface area contributed by atoms with Crippen LogP contribution in [0.3, 0.4) is 0 Å². The smallest absolute Gasteiger partial charge is 0.303 e. The lowest BCUT2D eigenvalue weighted by molar-refractivity contribution is -0.242. The first-order valence-corrected chi connectivity index (χ1v) is 9.52. The van der Waals surface area contributed by atoms with Crippen molar-refractivity contribution in [2.75, 3.05) is 13.2 Å². The number of hydrogen-bond acceptors (Lipinski definition) is 6. The molecule has 2 aromatic rings. The molecule has 0 saturated carbocycles. The van der Waals surface area contributed by atoms with Crippen molar-refractivity contribution in [1.82, 2.24) is 14.8 Å². The van der Waals surface area contributed by atoms with Crippen LogP contribution in [-0.2, 0) is 19.0 Å². The number of halogens is 1. The number of nitrogens with zero attached hydrogens (tertiary/aromatic N) is 3. The summed E-state index contributed by atoms with van der Waals surface area (Å²) in [6, 6.07) is 7.42.